The van der Waals surface area contributed by atoms with Crippen molar-refractivity contribution in [3.63, 3.8) is 0 Å². The lowest BCUT2D eigenvalue weighted by Gasteiger charge is -1.90. The molecule has 4 N–H and O–H groups in total. The quantitative estimate of drug-likeness (QED) is 0.494. The summed E-state index contributed by atoms with van der Waals surface area (Å²) in [5.74, 6) is 9.18. The second-order valence-electron chi connectivity index (χ2n) is 2.96. The fourth-order valence-electron chi connectivity index (χ4n) is 0.877. The molecule has 0 bridgehead atoms. The van der Waals surface area contributed by atoms with Crippen LogP contribution in [0, 0.1) is 6.92 Å². The van der Waals surface area contributed by atoms with Gasteiger partial charge in [-0.25, -0.2) is 0 Å². The van der Waals surface area contributed by atoms with E-state index < -0.39 is 0 Å². The van der Waals surface area contributed by atoms with E-state index in [0.29, 0.717) is 11.7 Å². The first kappa shape index (κ1) is 19.1. The maximum Gasteiger partial charge on any atom is 0.257 e. The summed E-state index contributed by atoms with van der Waals surface area (Å²) in [6.45, 7) is 14.0. The van der Waals surface area contributed by atoms with Crippen LogP contribution in [0.4, 0.5) is 0 Å². The molecule has 0 saturated carbocycles. The molecule has 0 aliphatic rings. The molecule has 1 aromatic heterocycles. The Kier molecular flexibility index (Phi) is 13.9. The normalized spacial score (nSPS) is 9.79. The van der Waals surface area contributed by atoms with Crippen LogP contribution in [0.5, 0.6) is 0 Å². The molecule has 0 atom stereocenters. The van der Waals surface area contributed by atoms with Gasteiger partial charge in [0.2, 0.25) is 0 Å². The van der Waals surface area contributed by atoms with Crippen LogP contribution in [0.2, 0.25) is 0 Å². The molecule has 1 rings (SSSR count). The number of hydrazine groups is 1. The van der Waals surface area contributed by atoms with Gasteiger partial charge in [0.25, 0.3) is 5.89 Å². The zero-order chi connectivity index (χ0) is 15.1. The summed E-state index contributed by atoms with van der Waals surface area (Å²) in [5, 5.41) is 3.71. The molecule has 0 aromatic carbocycles. The molecule has 0 spiro atoms. The molecule has 0 aliphatic carbocycles. The van der Waals surface area contributed by atoms with Crippen molar-refractivity contribution in [3.8, 4) is 0 Å². The van der Waals surface area contributed by atoms with Crippen molar-refractivity contribution in [1.29, 1.82) is 0 Å². The van der Waals surface area contributed by atoms with Crippen molar-refractivity contribution in [2.45, 2.75) is 13.8 Å². The van der Waals surface area contributed by atoms with Gasteiger partial charge in [0.05, 0.1) is 0 Å². The first-order valence-corrected chi connectivity index (χ1v) is 5.52. The smallest absolute Gasteiger partial charge is 0.257 e. The minimum Gasteiger partial charge on any atom is -0.334 e. The fourth-order valence-corrected chi connectivity index (χ4v) is 0.877. The molecule has 1 aromatic rings. The monoisotopic (exact) mass is 262 g/mol. The van der Waals surface area contributed by atoms with E-state index in [2.05, 4.69) is 41.6 Å². The summed E-state index contributed by atoms with van der Waals surface area (Å²) in [4.78, 5) is 4.10. The minimum atomic E-state index is 0.540. The molecule has 19 heavy (non-hydrogen) atoms. The maximum absolute atomic E-state index is 5.00. The van der Waals surface area contributed by atoms with Crippen molar-refractivity contribution >= 4 is 5.57 Å². The Hall–Kier alpha value is -2.24. The SMILES string of the molecule is C=C/C=C\C(=C/C)c1nc(C)no1.C=CC=C.NN. The molecule has 0 saturated heterocycles. The third-order valence-electron chi connectivity index (χ3n) is 1.66. The summed E-state index contributed by atoms with van der Waals surface area (Å²) in [6, 6.07) is 0. The van der Waals surface area contributed by atoms with Crippen LogP contribution in [0.25, 0.3) is 5.57 Å². The number of hydrogen-bond acceptors (Lipinski definition) is 5. The summed E-state index contributed by atoms with van der Waals surface area (Å²) in [7, 11) is 0. The van der Waals surface area contributed by atoms with Crippen LogP contribution in [0.3, 0.4) is 0 Å². The van der Waals surface area contributed by atoms with Crippen molar-refractivity contribution in [2.75, 3.05) is 0 Å². The van der Waals surface area contributed by atoms with E-state index in [1.54, 1.807) is 25.2 Å². The maximum atomic E-state index is 5.00. The lowest BCUT2D eigenvalue weighted by atomic mass is 10.2. The predicted molar refractivity (Wildman–Crippen MR) is 80.8 cm³/mol. The minimum absolute atomic E-state index is 0.540. The predicted octanol–water partition coefficient (Wildman–Crippen LogP) is 2.70. The average Bonchev–Trinajstić information content (AvgIpc) is 2.89. The lowest BCUT2D eigenvalue weighted by molar-refractivity contribution is 0.403. The van der Waals surface area contributed by atoms with Crippen LogP contribution in [0.1, 0.15) is 18.6 Å². The average molecular weight is 262 g/mol. The molecule has 0 unspecified atom stereocenters. The van der Waals surface area contributed by atoms with Gasteiger partial charge in [-0.3, -0.25) is 11.7 Å². The Morgan fingerprint density at radius 2 is 1.74 bits per heavy atom. The highest BCUT2D eigenvalue weighted by atomic mass is 16.5. The Labute approximate surface area is 114 Å². The van der Waals surface area contributed by atoms with E-state index in [1.807, 2.05) is 25.2 Å². The van der Waals surface area contributed by atoms with Gasteiger partial charge in [-0.05, 0) is 19.9 Å². The van der Waals surface area contributed by atoms with Crippen LogP contribution in [-0.2, 0) is 0 Å². The number of nitrogens with two attached hydrogens (primary N) is 2. The largest absolute Gasteiger partial charge is 0.334 e. The van der Waals surface area contributed by atoms with Crippen LogP contribution < -0.4 is 11.7 Å². The second-order valence-corrected chi connectivity index (χ2v) is 2.96. The van der Waals surface area contributed by atoms with E-state index in [0.717, 1.165) is 5.57 Å². The third kappa shape index (κ3) is 9.46. The van der Waals surface area contributed by atoms with Gasteiger partial charge in [-0.2, -0.15) is 4.98 Å². The third-order valence-corrected chi connectivity index (χ3v) is 1.66. The molecule has 0 radical (unpaired) electrons. The van der Waals surface area contributed by atoms with Gasteiger partial charge in [0, 0.05) is 5.57 Å². The van der Waals surface area contributed by atoms with Crippen LogP contribution >= 0.6 is 0 Å². The molecular formula is C14H22N4O. The highest BCUT2D eigenvalue weighted by Crippen LogP contribution is 2.12. The molecule has 5 heteroatoms. The zero-order valence-electron chi connectivity index (χ0n) is 11.5. The molecule has 0 amide bonds. The van der Waals surface area contributed by atoms with Crippen LogP contribution in [-0.4, -0.2) is 10.1 Å². The van der Waals surface area contributed by atoms with Gasteiger partial charge in [-0.1, -0.05) is 55.3 Å². The Balaban J connectivity index is 0. The number of rotatable bonds is 4. The molecule has 0 aliphatic heterocycles. The summed E-state index contributed by atoms with van der Waals surface area (Å²) < 4.78 is 5.00. The van der Waals surface area contributed by atoms with Crippen molar-refractivity contribution in [3.05, 3.63) is 67.9 Å². The van der Waals surface area contributed by atoms with Gasteiger partial charge in [-0.15, -0.1) is 0 Å². The van der Waals surface area contributed by atoms with E-state index in [4.69, 9.17) is 4.52 Å². The number of aromatic nitrogens is 2. The summed E-state index contributed by atoms with van der Waals surface area (Å²) in [5.41, 5.74) is 0.903. The number of aryl methyl sites for hydroxylation is 1. The van der Waals surface area contributed by atoms with E-state index in [1.165, 1.54) is 0 Å². The Morgan fingerprint density at radius 3 is 2.05 bits per heavy atom. The number of hydrogen-bond donors (Lipinski definition) is 2. The summed E-state index contributed by atoms with van der Waals surface area (Å²) >= 11 is 0. The standard InChI is InChI=1S/C10H12N2O.C4H6.H4N2/c1-4-6-7-9(5-2)10-11-8(3)12-13-10;1-3-4-2;1-2/h4-7H,1H2,2-3H3;3-4H,1-2H2;1-2H2/b7-6-,9-5+;;. The van der Waals surface area contributed by atoms with Crippen LogP contribution in [0.15, 0.2) is 60.7 Å². The van der Waals surface area contributed by atoms with Gasteiger partial charge < -0.3 is 4.52 Å². The highest BCUT2D eigenvalue weighted by Gasteiger charge is 2.04. The number of allylic oxidation sites excluding steroid dienone is 7. The first-order chi connectivity index (χ1) is 9.19. The van der Waals surface area contributed by atoms with E-state index >= 15 is 0 Å². The molecule has 104 valence electrons. The van der Waals surface area contributed by atoms with Gasteiger partial charge in [0.15, 0.2) is 5.82 Å². The Morgan fingerprint density at radius 1 is 1.16 bits per heavy atom. The molecule has 1 heterocycles. The van der Waals surface area contributed by atoms with Gasteiger partial charge in [0.1, 0.15) is 0 Å². The van der Waals surface area contributed by atoms with Crippen molar-refractivity contribution in [2.24, 2.45) is 11.7 Å². The topological polar surface area (TPSA) is 91.0 Å². The first-order valence-electron chi connectivity index (χ1n) is 5.52. The van der Waals surface area contributed by atoms with E-state index in [9.17, 15) is 0 Å². The molecular weight excluding hydrogens is 240 g/mol. The highest BCUT2D eigenvalue weighted by molar-refractivity contribution is 5.68. The summed E-state index contributed by atoms with van der Waals surface area (Å²) in [6.07, 6.45) is 10.6. The second kappa shape index (κ2) is 13.8. The zero-order valence-corrected chi connectivity index (χ0v) is 11.5. The molecule has 0 fully saturated rings. The number of nitrogens with zero attached hydrogens (tertiary/aromatic N) is 2. The van der Waals surface area contributed by atoms with Gasteiger partial charge >= 0.3 is 0 Å². The molecule has 5 nitrogen and oxygen atoms in total. The lowest BCUT2D eigenvalue weighted by Crippen LogP contribution is -2.02. The Bertz CT molecular complexity index is 424. The van der Waals surface area contributed by atoms with E-state index in [-0.39, 0.29) is 0 Å². The fraction of sp³-hybridized carbons (Fsp3) is 0.143. The van der Waals surface area contributed by atoms with Crippen molar-refractivity contribution < 1.29 is 4.52 Å². The van der Waals surface area contributed by atoms with Crippen molar-refractivity contribution in [1.82, 2.24) is 10.1 Å².